The van der Waals surface area contributed by atoms with E-state index in [4.69, 9.17) is 4.74 Å². The molecule has 3 nitrogen and oxygen atoms in total. The van der Waals surface area contributed by atoms with Gasteiger partial charge in [-0.25, -0.2) is 4.79 Å². The van der Waals surface area contributed by atoms with Gasteiger partial charge in [-0.2, -0.15) is 0 Å². The Hall–Kier alpha value is -0.540. The minimum absolute atomic E-state index is 0. The zero-order valence-corrected chi connectivity index (χ0v) is 10.2. The molecule has 0 radical (unpaired) electrons. The van der Waals surface area contributed by atoms with Crippen LogP contribution in [0.25, 0.3) is 0 Å². The fourth-order valence-electron chi connectivity index (χ4n) is 1.07. The molecule has 0 aromatic heterocycles. The highest BCUT2D eigenvalue weighted by Gasteiger charge is 2.14. The molecule has 84 valence electrons. The van der Waals surface area contributed by atoms with Crippen molar-refractivity contribution in [3.63, 3.8) is 0 Å². The second-order valence-corrected chi connectivity index (χ2v) is 3.01. The Labute approximate surface area is 92.5 Å². The van der Waals surface area contributed by atoms with Gasteiger partial charge >= 0.3 is 5.97 Å². The highest BCUT2D eigenvalue weighted by molar-refractivity contribution is 5.87. The molecule has 0 amide bonds. The second kappa shape index (κ2) is 7.83. The van der Waals surface area contributed by atoms with Crippen LogP contribution in [0.2, 0.25) is 0 Å². The molecule has 0 saturated carbocycles. The predicted molar refractivity (Wildman–Crippen MR) is 60.5 cm³/mol. The van der Waals surface area contributed by atoms with Crippen LogP contribution in [0.1, 0.15) is 27.7 Å². The first kappa shape index (κ1) is 15.9. The molecule has 0 bridgehead atoms. The molecule has 0 heterocycles. The Morgan fingerprint density at radius 1 is 1.43 bits per heavy atom. The third kappa shape index (κ3) is 5.25. The minimum Gasteiger partial charge on any atom is -0.443 e. The van der Waals surface area contributed by atoms with Gasteiger partial charge in [0.2, 0.25) is 0 Å². The first-order valence-electron chi connectivity index (χ1n) is 4.63. The molecule has 0 aromatic carbocycles. The summed E-state index contributed by atoms with van der Waals surface area (Å²) < 4.78 is 5.14. The van der Waals surface area contributed by atoms with Crippen LogP contribution in [0.15, 0.2) is 12.2 Å². The average Bonchev–Trinajstić information content (AvgIpc) is 2.06. The summed E-state index contributed by atoms with van der Waals surface area (Å²) in [5.41, 5.74) is 0.444. The average molecular weight is 222 g/mol. The van der Waals surface area contributed by atoms with E-state index in [2.05, 4.69) is 11.5 Å². The summed E-state index contributed by atoms with van der Waals surface area (Å²) in [4.78, 5) is 13.2. The number of esters is 1. The lowest BCUT2D eigenvalue weighted by Gasteiger charge is -2.25. The Bertz CT molecular complexity index is 191. The molecule has 0 fully saturated rings. The lowest BCUT2D eigenvalue weighted by molar-refractivity contribution is -0.152. The van der Waals surface area contributed by atoms with Crippen LogP contribution in [0, 0.1) is 0 Å². The summed E-state index contributed by atoms with van der Waals surface area (Å²) in [5.74, 6) is -0.320. The minimum atomic E-state index is -0.320. The smallest absolute Gasteiger partial charge is 0.334 e. The Balaban J connectivity index is 0. The highest BCUT2D eigenvalue weighted by Crippen LogP contribution is 2.03. The monoisotopic (exact) mass is 221 g/mol. The maximum Gasteiger partial charge on any atom is 0.334 e. The van der Waals surface area contributed by atoms with Crippen molar-refractivity contribution >= 4 is 18.4 Å². The SMILES string of the molecule is C=C(C)C(=O)OC(C)N(CC)CC.Cl. The fraction of sp³-hybridized carbons (Fsp3) is 0.700. The lowest BCUT2D eigenvalue weighted by atomic mass is 10.3. The maximum atomic E-state index is 11.1. The predicted octanol–water partition coefficient (Wildman–Crippen LogP) is 2.22. The van der Waals surface area contributed by atoms with Crippen LogP contribution in [0.5, 0.6) is 0 Å². The van der Waals surface area contributed by atoms with E-state index < -0.39 is 0 Å². The molecule has 1 unspecified atom stereocenters. The third-order valence-corrected chi connectivity index (χ3v) is 1.95. The third-order valence-electron chi connectivity index (χ3n) is 1.95. The molecule has 0 aliphatic carbocycles. The van der Waals surface area contributed by atoms with E-state index in [0.717, 1.165) is 13.1 Å². The normalized spacial score (nSPS) is 11.8. The van der Waals surface area contributed by atoms with Gasteiger partial charge in [0.15, 0.2) is 6.23 Å². The van der Waals surface area contributed by atoms with E-state index in [1.165, 1.54) is 0 Å². The van der Waals surface area contributed by atoms with E-state index in [1.54, 1.807) is 6.92 Å². The molecule has 1 atom stereocenters. The van der Waals surface area contributed by atoms with Crippen LogP contribution in [0.3, 0.4) is 0 Å². The number of carbonyl (C=O) groups is 1. The van der Waals surface area contributed by atoms with Crippen molar-refractivity contribution in [2.24, 2.45) is 0 Å². The summed E-state index contributed by atoms with van der Waals surface area (Å²) in [6.45, 7) is 12.9. The zero-order valence-electron chi connectivity index (χ0n) is 9.37. The van der Waals surface area contributed by atoms with Gasteiger partial charge in [0, 0.05) is 5.57 Å². The van der Waals surface area contributed by atoms with Gasteiger partial charge in [0.1, 0.15) is 0 Å². The van der Waals surface area contributed by atoms with Crippen LogP contribution >= 0.6 is 12.4 Å². The first-order valence-corrected chi connectivity index (χ1v) is 4.63. The molecule has 0 spiro atoms. The van der Waals surface area contributed by atoms with Crippen molar-refractivity contribution in [3.8, 4) is 0 Å². The van der Waals surface area contributed by atoms with Crippen molar-refractivity contribution in [1.29, 1.82) is 0 Å². The summed E-state index contributed by atoms with van der Waals surface area (Å²) in [6, 6.07) is 0. The number of hydrogen-bond donors (Lipinski definition) is 0. The molecule has 14 heavy (non-hydrogen) atoms. The number of halogens is 1. The van der Waals surface area contributed by atoms with Crippen LogP contribution in [-0.2, 0) is 9.53 Å². The summed E-state index contributed by atoms with van der Waals surface area (Å²) in [6.07, 6.45) is -0.167. The number of carbonyl (C=O) groups excluding carboxylic acids is 1. The lowest BCUT2D eigenvalue weighted by Crippen LogP contribution is -2.36. The standard InChI is InChI=1S/C10H19NO2.ClH/c1-6-11(7-2)9(5)13-10(12)8(3)4;/h9H,3,6-7H2,1-2,4-5H3;1H. The van der Waals surface area contributed by atoms with E-state index in [9.17, 15) is 4.79 Å². The summed E-state index contributed by atoms with van der Waals surface area (Å²) in [7, 11) is 0. The first-order chi connectivity index (χ1) is 6.02. The molecular weight excluding hydrogens is 202 g/mol. The van der Waals surface area contributed by atoms with Crippen molar-refractivity contribution in [3.05, 3.63) is 12.2 Å². The van der Waals surface area contributed by atoms with E-state index in [-0.39, 0.29) is 24.6 Å². The Morgan fingerprint density at radius 3 is 2.14 bits per heavy atom. The fourth-order valence-corrected chi connectivity index (χ4v) is 1.07. The van der Waals surface area contributed by atoms with Gasteiger partial charge in [-0.3, -0.25) is 4.90 Å². The number of rotatable bonds is 5. The van der Waals surface area contributed by atoms with Crippen molar-refractivity contribution in [2.75, 3.05) is 13.1 Å². The second-order valence-electron chi connectivity index (χ2n) is 3.01. The summed E-state index contributed by atoms with van der Waals surface area (Å²) >= 11 is 0. The van der Waals surface area contributed by atoms with Crippen LogP contribution in [-0.4, -0.2) is 30.2 Å². The quantitative estimate of drug-likeness (QED) is 0.405. The maximum absolute atomic E-state index is 11.1. The number of ether oxygens (including phenoxy) is 1. The van der Waals surface area contributed by atoms with Gasteiger partial charge < -0.3 is 4.74 Å². The van der Waals surface area contributed by atoms with Gasteiger partial charge in [-0.15, -0.1) is 12.4 Å². The number of nitrogens with zero attached hydrogens (tertiary/aromatic N) is 1. The molecule has 0 rings (SSSR count). The van der Waals surface area contributed by atoms with Crippen molar-refractivity contribution in [2.45, 2.75) is 33.9 Å². The Kier molecular flexibility index (Phi) is 8.89. The molecule has 0 aliphatic heterocycles. The van der Waals surface area contributed by atoms with Gasteiger partial charge in [0.25, 0.3) is 0 Å². The topological polar surface area (TPSA) is 29.5 Å². The van der Waals surface area contributed by atoms with Crippen LogP contribution < -0.4 is 0 Å². The summed E-state index contributed by atoms with van der Waals surface area (Å²) in [5, 5.41) is 0. The van der Waals surface area contributed by atoms with Gasteiger partial charge in [-0.05, 0) is 26.9 Å². The van der Waals surface area contributed by atoms with E-state index in [1.807, 2.05) is 20.8 Å². The molecular formula is C10H20ClNO2. The molecule has 0 saturated heterocycles. The van der Waals surface area contributed by atoms with Crippen LogP contribution in [0.4, 0.5) is 0 Å². The number of hydrogen-bond acceptors (Lipinski definition) is 3. The molecule has 0 N–H and O–H groups in total. The zero-order chi connectivity index (χ0) is 10.4. The molecule has 0 aromatic rings. The Morgan fingerprint density at radius 2 is 1.86 bits per heavy atom. The van der Waals surface area contributed by atoms with E-state index >= 15 is 0 Å². The van der Waals surface area contributed by atoms with Gasteiger partial charge in [-0.1, -0.05) is 20.4 Å². The molecule has 4 heteroatoms. The van der Waals surface area contributed by atoms with Crippen molar-refractivity contribution < 1.29 is 9.53 Å². The van der Waals surface area contributed by atoms with Gasteiger partial charge in [0.05, 0.1) is 0 Å². The highest BCUT2D eigenvalue weighted by atomic mass is 35.5. The van der Waals surface area contributed by atoms with Crippen molar-refractivity contribution in [1.82, 2.24) is 4.90 Å². The largest absolute Gasteiger partial charge is 0.443 e. The molecule has 0 aliphatic rings. The van der Waals surface area contributed by atoms with E-state index in [0.29, 0.717) is 5.57 Å².